The van der Waals surface area contributed by atoms with Crippen LogP contribution in [0.25, 0.3) is 10.9 Å². The molecule has 0 unspecified atom stereocenters. The molecule has 2 aliphatic rings. The first-order chi connectivity index (χ1) is 12.2. The van der Waals surface area contributed by atoms with Crippen molar-refractivity contribution in [2.45, 2.75) is 56.4 Å². The first kappa shape index (κ1) is 16.3. The van der Waals surface area contributed by atoms with Gasteiger partial charge in [-0.3, -0.25) is 0 Å². The number of H-pyrrole nitrogens is 1. The molecular weight excluding hydrogens is 314 g/mol. The lowest BCUT2D eigenvalue weighted by Crippen LogP contribution is -2.45. The van der Waals surface area contributed by atoms with E-state index in [0.717, 1.165) is 36.9 Å². The van der Waals surface area contributed by atoms with E-state index in [4.69, 9.17) is 4.74 Å². The van der Waals surface area contributed by atoms with Gasteiger partial charge in [0.1, 0.15) is 5.75 Å². The molecule has 0 atom stereocenters. The van der Waals surface area contributed by atoms with Crippen molar-refractivity contribution < 1.29 is 9.53 Å². The van der Waals surface area contributed by atoms with Crippen LogP contribution < -0.4 is 15.4 Å². The molecule has 5 nitrogen and oxygen atoms in total. The van der Waals surface area contributed by atoms with Crippen LogP contribution in [0, 0.1) is 0 Å². The second kappa shape index (κ2) is 6.62. The van der Waals surface area contributed by atoms with Crippen LogP contribution >= 0.6 is 0 Å². The highest BCUT2D eigenvalue weighted by molar-refractivity contribution is 5.86. The largest absolute Gasteiger partial charge is 0.497 e. The summed E-state index contributed by atoms with van der Waals surface area (Å²) >= 11 is 0. The summed E-state index contributed by atoms with van der Waals surface area (Å²) in [5.74, 6) is 0.868. The number of nitrogens with one attached hydrogen (secondary N) is 3. The smallest absolute Gasteiger partial charge is 0.315 e. The molecule has 2 amide bonds. The average Bonchev–Trinajstić information content (AvgIpc) is 3.31. The van der Waals surface area contributed by atoms with E-state index in [9.17, 15) is 4.79 Å². The Morgan fingerprint density at radius 1 is 1.28 bits per heavy atom. The molecule has 1 heterocycles. The number of aromatic nitrogens is 1. The molecule has 25 heavy (non-hydrogen) atoms. The van der Waals surface area contributed by atoms with Crippen molar-refractivity contribution in [3.8, 4) is 5.75 Å². The Morgan fingerprint density at radius 3 is 2.80 bits per heavy atom. The van der Waals surface area contributed by atoms with E-state index in [2.05, 4.69) is 33.9 Å². The van der Waals surface area contributed by atoms with Crippen LogP contribution in [0.15, 0.2) is 24.4 Å². The number of methoxy groups -OCH3 is 1. The van der Waals surface area contributed by atoms with Crippen molar-refractivity contribution >= 4 is 16.9 Å². The van der Waals surface area contributed by atoms with Gasteiger partial charge in [-0.2, -0.15) is 0 Å². The number of urea groups is 1. The first-order valence-corrected chi connectivity index (χ1v) is 9.40. The van der Waals surface area contributed by atoms with Crippen LogP contribution in [0.1, 0.15) is 50.5 Å². The number of benzene rings is 1. The minimum absolute atomic E-state index is 0.0180. The number of amides is 2. The van der Waals surface area contributed by atoms with Gasteiger partial charge in [-0.1, -0.05) is 19.3 Å². The number of hydrogen-bond donors (Lipinski definition) is 3. The number of hydrogen-bond acceptors (Lipinski definition) is 2. The third-order valence-corrected chi connectivity index (χ3v) is 5.84. The molecule has 0 aliphatic heterocycles. The predicted molar refractivity (Wildman–Crippen MR) is 99.2 cm³/mol. The van der Waals surface area contributed by atoms with Crippen molar-refractivity contribution in [3.05, 3.63) is 30.0 Å². The van der Waals surface area contributed by atoms with Crippen molar-refractivity contribution in [2.75, 3.05) is 13.7 Å². The van der Waals surface area contributed by atoms with Gasteiger partial charge in [-0.05, 0) is 49.4 Å². The van der Waals surface area contributed by atoms with Crippen molar-refractivity contribution in [2.24, 2.45) is 0 Å². The van der Waals surface area contributed by atoms with E-state index in [0.29, 0.717) is 12.6 Å². The third-order valence-electron chi connectivity index (χ3n) is 5.84. The van der Waals surface area contributed by atoms with E-state index >= 15 is 0 Å². The Hall–Kier alpha value is -2.17. The molecule has 2 aromatic rings. The summed E-state index contributed by atoms with van der Waals surface area (Å²) in [6.07, 6.45) is 10.3. The summed E-state index contributed by atoms with van der Waals surface area (Å²) in [6.45, 7) is 0.690. The molecule has 4 rings (SSSR count). The molecule has 3 N–H and O–H groups in total. The zero-order chi connectivity index (χ0) is 17.3. The number of carbonyl (C=O) groups excluding carboxylic acids is 1. The first-order valence-electron chi connectivity index (χ1n) is 9.40. The standard InChI is InChI=1S/C20H27N3O2/c1-25-15-7-8-18-16(11-15)17(12-21-18)20(9-10-20)13-22-19(24)23-14-5-3-2-4-6-14/h7-8,11-12,14,21H,2-6,9-10,13H2,1H3,(H2,22,23,24). The highest BCUT2D eigenvalue weighted by Gasteiger charge is 2.46. The third kappa shape index (κ3) is 3.32. The van der Waals surface area contributed by atoms with Gasteiger partial charge in [-0.15, -0.1) is 0 Å². The summed E-state index contributed by atoms with van der Waals surface area (Å²) < 4.78 is 5.37. The topological polar surface area (TPSA) is 66.1 Å². The van der Waals surface area contributed by atoms with Gasteiger partial charge in [0.15, 0.2) is 0 Å². The second-order valence-electron chi connectivity index (χ2n) is 7.56. The normalized spacial score (nSPS) is 19.6. The zero-order valence-corrected chi connectivity index (χ0v) is 14.9. The lowest BCUT2D eigenvalue weighted by atomic mass is 9.95. The van der Waals surface area contributed by atoms with Crippen molar-refractivity contribution in [3.63, 3.8) is 0 Å². The van der Waals surface area contributed by atoms with E-state index in [1.807, 2.05) is 6.07 Å². The van der Waals surface area contributed by atoms with Crippen molar-refractivity contribution in [1.82, 2.24) is 15.6 Å². The lowest BCUT2D eigenvalue weighted by Gasteiger charge is -2.24. The molecule has 2 fully saturated rings. The van der Waals surface area contributed by atoms with E-state index in [1.165, 1.54) is 30.2 Å². The minimum atomic E-state index is -0.0180. The monoisotopic (exact) mass is 341 g/mol. The Kier molecular flexibility index (Phi) is 4.32. The Morgan fingerprint density at radius 2 is 2.08 bits per heavy atom. The van der Waals surface area contributed by atoms with Gasteiger partial charge in [0.2, 0.25) is 0 Å². The molecule has 0 saturated heterocycles. The zero-order valence-electron chi connectivity index (χ0n) is 14.9. The van der Waals surface area contributed by atoms with Gasteiger partial charge >= 0.3 is 6.03 Å². The maximum Gasteiger partial charge on any atom is 0.315 e. The fourth-order valence-corrected chi connectivity index (χ4v) is 4.09. The van der Waals surface area contributed by atoms with Gasteiger partial charge < -0.3 is 20.4 Å². The maximum atomic E-state index is 12.3. The molecule has 2 aliphatic carbocycles. The fraction of sp³-hybridized carbons (Fsp3) is 0.550. The van der Waals surface area contributed by atoms with Crippen LogP contribution in [0.4, 0.5) is 4.79 Å². The van der Waals surface area contributed by atoms with Crippen LogP contribution in [-0.4, -0.2) is 30.7 Å². The van der Waals surface area contributed by atoms with Gasteiger partial charge in [-0.25, -0.2) is 4.79 Å². The molecule has 0 spiro atoms. The lowest BCUT2D eigenvalue weighted by molar-refractivity contribution is 0.231. The van der Waals surface area contributed by atoms with Crippen LogP contribution in [0.2, 0.25) is 0 Å². The SMILES string of the molecule is COc1ccc2[nH]cc(C3(CNC(=O)NC4CCCCC4)CC3)c2c1. The molecule has 2 saturated carbocycles. The van der Waals surface area contributed by atoms with Gasteiger partial charge in [0.25, 0.3) is 0 Å². The number of rotatable bonds is 5. The summed E-state index contributed by atoms with van der Waals surface area (Å²) in [6, 6.07) is 6.44. The van der Waals surface area contributed by atoms with E-state index in [1.54, 1.807) is 7.11 Å². The maximum absolute atomic E-state index is 12.3. The van der Waals surface area contributed by atoms with Crippen molar-refractivity contribution in [1.29, 1.82) is 0 Å². The summed E-state index contributed by atoms with van der Waals surface area (Å²) in [5, 5.41) is 7.46. The summed E-state index contributed by atoms with van der Waals surface area (Å²) in [5.41, 5.74) is 2.47. The quantitative estimate of drug-likeness (QED) is 0.773. The Labute approximate surface area is 148 Å². The number of carbonyl (C=O) groups is 1. The number of ether oxygens (including phenoxy) is 1. The number of fused-ring (bicyclic) bond motifs is 1. The molecule has 0 bridgehead atoms. The van der Waals surface area contributed by atoms with Crippen LogP contribution in [0.5, 0.6) is 5.75 Å². The predicted octanol–water partition coefficient (Wildman–Crippen LogP) is 3.84. The molecule has 1 aromatic heterocycles. The molecular formula is C20H27N3O2. The molecule has 5 heteroatoms. The summed E-state index contributed by atoms with van der Waals surface area (Å²) in [7, 11) is 1.69. The van der Waals surface area contributed by atoms with E-state index in [-0.39, 0.29) is 11.4 Å². The number of aromatic amines is 1. The molecule has 134 valence electrons. The van der Waals surface area contributed by atoms with Gasteiger partial charge in [0, 0.05) is 35.1 Å². The fourth-order valence-electron chi connectivity index (χ4n) is 4.09. The van der Waals surface area contributed by atoms with Crippen LogP contribution in [-0.2, 0) is 5.41 Å². The average molecular weight is 341 g/mol. The Balaban J connectivity index is 1.43. The minimum Gasteiger partial charge on any atom is -0.497 e. The van der Waals surface area contributed by atoms with Gasteiger partial charge in [0.05, 0.1) is 7.11 Å². The second-order valence-corrected chi connectivity index (χ2v) is 7.56. The molecule has 1 aromatic carbocycles. The summed E-state index contributed by atoms with van der Waals surface area (Å²) in [4.78, 5) is 15.6. The molecule has 0 radical (unpaired) electrons. The Bertz CT molecular complexity index is 757. The highest BCUT2D eigenvalue weighted by Crippen LogP contribution is 2.50. The highest BCUT2D eigenvalue weighted by atomic mass is 16.5. The van der Waals surface area contributed by atoms with E-state index < -0.39 is 0 Å². The van der Waals surface area contributed by atoms with Crippen LogP contribution in [0.3, 0.4) is 0 Å².